The van der Waals surface area contributed by atoms with Crippen LogP contribution in [-0.2, 0) is 11.3 Å². The summed E-state index contributed by atoms with van der Waals surface area (Å²) >= 11 is 0. The van der Waals surface area contributed by atoms with Crippen molar-refractivity contribution in [2.24, 2.45) is 5.73 Å². The third-order valence-electron chi connectivity index (χ3n) is 3.04. The van der Waals surface area contributed by atoms with Gasteiger partial charge in [0, 0.05) is 17.8 Å². The molecule has 0 aliphatic rings. The lowest BCUT2D eigenvalue weighted by molar-refractivity contribution is -0.118. The number of para-hydroxylation sites is 1. The molecular weight excluding hydrogens is 270 g/mol. The maximum Gasteiger partial charge on any atom is 0.257 e. The van der Waals surface area contributed by atoms with Crippen LogP contribution in [0, 0.1) is 0 Å². The first-order chi connectivity index (χ1) is 10.1. The van der Waals surface area contributed by atoms with Gasteiger partial charge in [-0.15, -0.1) is 0 Å². The Morgan fingerprint density at radius 1 is 1.33 bits per heavy atom. The zero-order chi connectivity index (χ0) is 14.8. The number of aromatic nitrogens is 3. The third kappa shape index (κ3) is 2.62. The summed E-state index contributed by atoms with van der Waals surface area (Å²) in [6, 6.07) is 7.38. The Labute approximate surface area is 119 Å². The van der Waals surface area contributed by atoms with Crippen LogP contribution in [0.4, 0.5) is 5.69 Å². The van der Waals surface area contributed by atoms with E-state index in [1.165, 1.54) is 10.9 Å². The Balaban J connectivity index is 1.81. The molecule has 0 spiro atoms. The van der Waals surface area contributed by atoms with E-state index in [0.717, 1.165) is 10.9 Å². The van der Waals surface area contributed by atoms with Crippen LogP contribution >= 0.6 is 0 Å². The molecule has 3 aromatic rings. The molecule has 1 aromatic carbocycles. The van der Waals surface area contributed by atoms with Gasteiger partial charge in [-0.25, -0.2) is 0 Å². The number of aromatic amines is 1. The number of nitrogens with one attached hydrogen (secondary N) is 2. The Morgan fingerprint density at radius 3 is 3.00 bits per heavy atom. The highest BCUT2D eigenvalue weighted by molar-refractivity contribution is 6.11. The van der Waals surface area contributed by atoms with E-state index < -0.39 is 5.91 Å². The van der Waals surface area contributed by atoms with Gasteiger partial charge in [0.2, 0.25) is 5.91 Å². The van der Waals surface area contributed by atoms with Gasteiger partial charge < -0.3 is 16.0 Å². The Kier molecular flexibility index (Phi) is 3.15. The number of nitrogens with zero attached hydrogens (tertiary/aromatic N) is 2. The molecule has 0 unspecified atom stereocenters. The van der Waals surface area contributed by atoms with E-state index >= 15 is 0 Å². The molecule has 0 fully saturated rings. The van der Waals surface area contributed by atoms with E-state index in [-0.39, 0.29) is 12.5 Å². The van der Waals surface area contributed by atoms with E-state index in [9.17, 15) is 9.59 Å². The number of fused-ring (bicyclic) bond motifs is 1. The van der Waals surface area contributed by atoms with Gasteiger partial charge in [-0.2, -0.15) is 5.10 Å². The van der Waals surface area contributed by atoms with Crippen LogP contribution in [-0.4, -0.2) is 26.6 Å². The highest BCUT2D eigenvalue weighted by Gasteiger charge is 2.12. The van der Waals surface area contributed by atoms with E-state index in [1.807, 2.05) is 18.2 Å². The van der Waals surface area contributed by atoms with Crippen LogP contribution in [0.1, 0.15) is 10.4 Å². The third-order valence-corrected chi connectivity index (χ3v) is 3.04. The minimum Gasteiger partial charge on any atom is -0.368 e. The molecule has 4 N–H and O–H groups in total. The molecule has 21 heavy (non-hydrogen) atoms. The maximum absolute atomic E-state index is 12.3. The fraction of sp³-hybridized carbons (Fsp3) is 0.0714. The normalized spacial score (nSPS) is 10.7. The molecule has 0 saturated heterocycles. The van der Waals surface area contributed by atoms with Gasteiger partial charge in [-0.1, -0.05) is 12.1 Å². The van der Waals surface area contributed by atoms with Crippen LogP contribution in [0.3, 0.4) is 0 Å². The second kappa shape index (κ2) is 5.12. The number of H-pyrrole nitrogens is 1. The summed E-state index contributed by atoms with van der Waals surface area (Å²) < 4.78 is 1.37. The van der Waals surface area contributed by atoms with Crippen LogP contribution in [0.2, 0.25) is 0 Å². The van der Waals surface area contributed by atoms with Crippen molar-refractivity contribution in [3.8, 4) is 0 Å². The molecule has 0 radical (unpaired) electrons. The first-order valence-electron chi connectivity index (χ1n) is 6.32. The number of benzene rings is 1. The lowest BCUT2D eigenvalue weighted by Gasteiger charge is -2.04. The lowest BCUT2D eigenvalue weighted by Crippen LogP contribution is -2.18. The first kappa shape index (κ1) is 12.9. The van der Waals surface area contributed by atoms with Gasteiger partial charge in [-0.05, 0) is 12.1 Å². The predicted molar refractivity (Wildman–Crippen MR) is 77.7 cm³/mol. The summed E-state index contributed by atoms with van der Waals surface area (Å²) in [6.45, 7) is -0.0257. The Morgan fingerprint density at radius 2 is 2.19 bits per heavy atom. The number of nitrogens with two attached hydrogens (primary N) is 1. The molecule has 7 heteroatoms. The molecule has 2 heterocycles. The molecule has 2 aromatic heterocycles. The van der Waals surface area contributed by atoms with Crippen LogP contribution in [0.25, 0.3) is 10.9 Å². The average Bonchev–Trinajstić information content (AvgIpc) is 3.06. The van der Waals surface area contributed by atoms with Gasteiger partial charge in [-0.3, -0.25) is 14.3 Å². The van der Waals surface area contributed by atoms with Crippen molar-refractivity contribution in [2.45, 2.75) is 6.54 Å². The van der Waals surface area contributed by atoms with Crippen molar-refractivity contribution in [1.29, 1.82) is 0 Å². The van der Waals surface area contributed by atoms with Crippen molar-refractivity contribution in [3.63, 3.8) is 0 Å². The molecule has 0 atom stereocenters. The molecule has 2 amide bonds. The Hall–Kier alpha value is -3.09. The van der Waals surface area contributed by atoms with Crippen molar-refractivity contribution in [1.82, 2.24) is 14.8 Å². The van der Waals surface area contributed by atoms with E-state index in [4.69, 9.17) is 5.73 Å². The van der Waals surface area contributed by atoms with Crippen LogP contribution in [0.15, 0.2) is 42.9 Å². The molecule has 3 rings (SSSR count). The maximum atomic E-state index is 12.3. The average molecular weight is 283 g/mol. The van der Waals surface area contributed by atoms with Gasteiger partial charge >= 0.3 is 0 Å². The van der Waals surface area contributed by atoms with Crippen LogP contribution in [0.5, 0.6) is 0 Å². The smallest absolute Gasteiger partial charge is 0.257 e. The summed E-state index contributed by atoms with van der Waals surface area (Å²) in [5.41, 5.74) is 6.91. The minimum absolute atomic E-state index is 0.0257. The number of anilines is 1. The quantitative estimate of drug-likeness (QED) is 0.667. The second-order valence-electron chi connectivity index (χ2n) is 4.59. The predicted octanol–water partition coefficient (Wildman–Crippen LogP) is 1.10. The molecule has 0 bridgehead atoms. The zero-order valence-corrected chi connectivity index (χ0v) is 11.0. The summed E-state index contributed by atoms with van der Waals surface area (Å²) in [5.74, 6) is -0.742. The number of carbonyl (C=O) groups is 2. The van der Waals surface area contributed by atoms with E-state index in [0.29, 0.717) is 11.3 Å². The fourth-order valence-electron chi connectivity index (χ4n) is 2.15. The van der Waals surface area contributed by atoms with E-state index in [1.54, 1.807) is 18.5 Å². The number of amides is 2. The lowest BCUT2D eigenvalue weighted by atomic mass is 10.1. The van der Waals surface area contributed by atoms with Gasteiger partial charge in [0.1, 0.15) is 6.54 Å². The topological polar surface area (TPSA) is 106 Å². The van der Waals surface area contributed by atoms with Gasteiger partial charge in [0.25, 0.3) is 5.91 Å². The highest BCUT2D eigenvalue weighted by atomic mass is 16.2. The molecule has 0 aliphatic carbocycles. The van der Waals surface area contributed by atoms with Crippen molar-refractivity contribution in [2.75, 3.05) is 5.32 Å². The second-order valence-corrected chi connectivity index (χ2v) is 4.59. The largest absolute Gasteiger partial charge is 0.368 e. The molecule has 0 aliphatic heterocycles. The summed E-state index contributed by atoms with van der Waals surface area (Å²) in [6.07, 6.45) is 4.81. The number of hydrogen-bond acceptors (Lipinski definition) is 3. The SMILES string of the molecule is NC(=O)Cn1cc(NC(=O)c2cccc3cc[nH]c23)cn1. The summed E-state index contributed by atoms with van der Waals surface area (Å²) in [5, 5.41) is 7.65. The number of rotatable bonds is 4. The van der Waals surface area contributed by atoms with Gasteiger partial charge in [0.15, 0.2) is 0 Å². The van der Waals surface area contributed by atoms with Crippen molar-refractivity contribution in [3.05, 3.63) is 48.4 Å². The first-order valence-corrected chi connectivity index (χ1v) is 6.32. The van der Waals surface area contributed by atoms with Gasteiger partial charge in [0.05, 0.1) is 23.0 Å². The number of carbonyl (C=O) groups excluding carboxylic acids is 2. The molecule has 106 valence electrons. The molecule has 7 nitrogen and oxygen atoms in total. The van der Waals surface area contributed by atoms with E-state index in [2.05, 4.69) is 15.4 Å². The number of primary amides is 1. The van der Waals surface area contributed by atoms with Crippen molar-refractivity contribution >= 4 is 28.4 Å². The molecule has 0 saturated carbocycles. The Bertz CT molecular complexity index is 818. The zero-order valence-electron chi connectivity index (χ0n) is 11.0. The standard InChI is InChI=1S/C14H13N5O2/c15-12(20)8-19-7-10(6-17-19)18-14(21)11-3-1-2-9-4-5-16-13(9)11/h1-7,16H,8H2,(H2,15,20)(H,18,21). The summed E-state index contributed by atoms with van der Waals surface area (Å²) in [7, 11) is 0. The van der Waals surface area contributed by atoms with Crippen LogP contribution < -0.4 is 11.1 Å². The number of hydrogen-bond donors (Lipinski definition) is 3. The fourth-order valence-corrected chi connectivity index (χ4v) is 2.15. The summed E-state index contributed by atoms with van der Waals surface area (Å²) in [4.78, 5) is 26.1. The minimum atomic E-state index is -0.493. The monoisotopic (exact) mass is 283 g/mol. The highest BCUT2D eigenvalue weighted by Crippen LogP contribution is 2.18. The molecular formula is C14H13N5O2. The van der Waals surface area contributed by atoms with Crippen molar-refractivity contribution < 1.29 is 9.59 Å².